The maximum atomic E-state index is 14.2. The predicted molar refractivity (Wildman–Crippen MR) is 186 cm³/mol. The summed E-state index contributed by atoms with van der Waals surface area (Å²) in [6.45, 7) is 4.04. The number of hydrogen-bond donors (Lipinski definition) is 0. The molecule has 2 heterocycles. The number of ether oxygens (including phenoxy) is 3. The molecule has 7 nitrogen and oxygen atoms in total. The van der Waals surface area contributed by atoms with Gasteiger partial charge in [-0.15, -0.1) is 0 Å². The summed E-state index contributed by atoms with van der Waals surface area (Å²) in [4.78, 5) is 32.8. The molecule has 0 spiro atoms. The average molecular weight is 751 g/mol. The van der Waals surface area contributed by atoms with Crippen molar-refractivity contribution in [1.82, 2.24) is 4.57 Å². The summed E-state index contributed by atoms with van der Waals surface area (Å²) in [7, 11) is 1.58. The van der Waals surface area contributed by atoms with Gasteiger partial charge in [-0.1, -0.05) is 83.6 Å². The molecule has 45 heavy (non-hydrogen) atoms. The van der Waals surface area contributed by atoms with Gasteiger partial charge < -0.3 is 14.2 Å². The van der Waals surface area contributed by atoms with Crippen LogP contribution in [0.3, 0.4) is 0 Å². The third kappa shape index (κ3) is 6.04. The van der Waals surface area contributed by atoms with Crippen LogP contribution in [0, 0.1) is 3.57 Å². The molecule has 228 valence electrons. The number of hydrogen-bond acceptors (Lipinski definition) is 7. The highest BCUT2D eigenvalue weighted by molar-refractivity contribution is 14.1. The van der Waals surface area contributed by atoms with Crippen molar-refractivity contribution in [3.05, 3.63) is 135 Å². The normalized spacial score (nSPS) is 14.7. The van der Waals surface area contributed by atoms with Crippen LogP contribution in [0.5, 0.6) is 11.5 Å². The Kier molecular flexibility index (Phi) is 9.11. The quantitative estimate of drug-likeness (QED) is 0.129. The Balaban J connectivity index is 1.46. The van der Waals surface area contributed by atoms with E-state index < -0.39 is 12.0 Å². The third-order valence-electron chi connectivity index (χ3n) is 7.51. The summed E-state index contributed by atoms with van der Waals surface area (Å²) in [6, 6.07) is 24.4. The number of methoxy groups -OCH3 is 1. The van der Waals surface area contributed by atoms with E-state index in [-0.39, 0.29) is 18.8 Å². The first-order chi connectivity index (χ1) is 21.8. The number of rotatable bonds is 8. The number of carbonyl (C=O) groups excluding carboxylic acids is 1. The van der Waals surface area contributed by atoms with Crippen molar-refractivity contribution in [3.63, 3.8) is 0 Å². The summed E-state index contributed by atoms with van der Waals surface area (Å²) in [6.07, 6.45) is 1.82. The average Bonchev–Trinajstić information content (AvgIpc) is 3.33. The first kappa shape index (κ1) is 31.1. The molecule has 1 aliphatic rings. The SMILES string of the molecule is CCOC(=O)C1=C(C)N=c2s/c(=C/c3cc(I)c(OCc4ccccc4Cl)c(OC)c3)c(=O)n2[C@@H]1c1cccc2ccccc12. The van der Waals surface area contributed by atoms with Gasteiger partial charge in [-0.2, -0.15) is 0 Å². The lowest BCUT2D eigenvalue weighted by Gasteiger charge is -2.25. The minimum Gasteiger partial charge on any atom is -0.493 e. The van der Waals surface area contributed by atoms with Crippen LogP contribution in [-0.2, 0) is 16.1 Å². The van der Waals surface area contributed by atoms with Gasteiger partial charge in [0.1, 0.15) is 6.61 Å². The maximum Gasteiger partial charge on any atom is 0.338 e. The van der Waals surface area contributed by atoms with E-state index in [2.05, 4.69) is 22.6 Å². The van der Waals surface area contributed by atoms with Crippen molar-refractivity contribution >= 4 is 68.3 Å². The molecule has 0 bridgehead atoms. The Hall–Kier alpha value is -3.93. The van der Waals surface area contributed by atoms with Crippen LogP contribution < -0.4 is 24.4 Å². The smallest absolute Gasteiger partial charge is 0.338 e. The van der Waals surface area contributed by atoms with E-state index in [0.29, 0.717) is 37.1 Å². The van der Waals surface area contributed by atoms with Gasteiger partial charge in [0.15, 0.2) is 16.3 Å². The molecular formula is C35H28ClIN2O5S. The van der Waals surface area contributed by atoms with E-state index in [4.69, 9.17) is 30.8 Å². The van der Waals surface area contributed by atoms with Crippen molar-refractivity contribution in [1.29, 1.82) is 0 Å². The van der Waals surface area contributed by atoms with Crippen LogP contribution in [0.1, 0.15) is 36.6 Å². The highest BCUT2D eigenvalue weighted by atomic mass is 127. The molecule has 1 atom stereocenters. The van der Waals surface area contributed by atoms with Gasteiger partial charge in [0, 0.05) is 10.6 Å². The first-order valence-corrected chi connectivity index (χ1v) is 16.5. The molecule has 5 aromatic rings. The lowest BCUT2D eigenvalue weighted by Crippen LogP contribution is -2.40. The van der Waals surface area contributed by atoms with E-state index in [1.807, 2.05) is 84.9 Å². The second kappa shape index (κ2) is 13.2. The largest absolute Gasteiger partial charge is 0.493 e. The minimum atomic E-state index is -0.705. The topological polar surface area (TPSA) is 79.1 Å². The molecule has 10 heteroatoms. The molecule has 0 aliphatic carbocycles. The van der Waals surface area contributed by atoms with Crippen molar-refractivity contribution in [2.45, 2.75) is 26.5 Å². The molecule has 0 saturated carbocycles. The fourth-order valence-electron chi connectivity index (χ4n) is 5.45. The van der Waals surface area contributed by atoms with Gasteiger partial charge in [0.25, 0.3) is 5.56 Å². The summed E-state index contributed by atoms with van der Waals surface area (Å²) >= 11 is 9.80. The van der Waals surface area contributed by atoms with Gasteiger partial charge in [-0.3, -0.25) is 9.36 Å². The number of thiazole rings is 1. The Morgan fingerprint density at radius 1 is 1.09 bits per heavy atom. The molecule has 1 aromatic heterocycles. The number of halogens is 2. The molecular weight excluding hydrogens is 723 g/mol. The van der Waals surface area contributed by atoms with Crippen LogP contribution in [-0.4, -0.2) is 24.3 Å². The Morgan fingerprint density at radius 2 is 1.84 bits per heavy atom. The maximum absolute atomic E-state index is 14.2. The molecule has 0 radical (unpaired) electrons. The van der Waals surface area contributed by atoms with Gasteiger partial charge in [0.2, 0.25) is 0 Å². The lowest BCUT2D eigenvalue weighted by molar-refractivity contribution is -0.139. The number of fused-ring (bicyclic) bond motifs is 2. The van der Waals surface area contributed by atoms with Crippen molar-refractivity contribution in [2.75, 3.05) is 13.7 Å². The summed E-state index contributed by atoms with van der Waals surface area (Å²) in [5, 5.41) is 2.58. The van der Waals surface area contributed by atoms with E-state index in [1.165, 1.54) is 11.3 Å². The number of benzene rings is 4. The van der Waals surface area contributed by atoms with Crippen LogP contribution in [0.15, 0.2) is 99.9 Å². The standard InChI is InChI=1S/C35H28ClIN2O5S/c1-4-43-34(41)30-20(2)38-35-39(31(30)25-14-9-12-22-10-5-7-13-24(22)25)33(40)29(45-35)18-21-16-27(37)32(28(17-21)42-3)44-19-23-11-6-8-15-26(23)36/h5-18,31H,4,19H2,1-3H3/b29-18+/t31-/m1/s1. The highest BCUT2D eigenvalue weighted by Crippen LogP contribution is 2.36. The number of allylic oxidation sites excluding steroid dienone is 1. The van der Waals surface area contributed by atoms with E-state index >= 15 is 0 Å². The molecule has 0 saturated heterocycles. The Morgan fingerprint density at radius 3 is 2.62 bits per heavy atom. The molecule has 0 amide bonds. The third-order valence-corrected chi connectivity index (χ3v) is 9.67. The highest BCUT2D eigenvalue weighted by Gasteiger charge is 2.34. The van der Waals surface area contributed by atoms with Gasteiger partial charge in [-0.05, 0) is 82.6 Å². The fourth-order valence-corrected chi connectivity index (χ4v) is 7.47. The molecule has 6 rings (SSSR count). The molecule has 0 fully saturated rings. The summed E-state index contributed by atoms with van der Waals surface area (Å²) < 4.78 is 20.2. The zero-order valence-electron chi connectivity index (χ0n) is 24.7. The van der Waals surface area contributed by atoms with Crippen LogP contribution >= 0.6 is 45.5 Å². The van der Waals surface area contributed by atoms with Crippen LogP contribution in [0.4, 0.5) is 0 Å². The number of esters is 1. The molecule has 1 aliphatic heterocycles. The Labute approximate surface area is 282 Å². The van der Waals surface area contributed by atoms with Crippen molar-refractivity contribution < 1.29 is 19.0 Å². The monoisotopic (exact) mass is 750 g/mol. The number of aromatic nitrogens is 1. The zero-order chi connectivity index (χ0) is 31.7. The van der Waals surface area contributed by atoms with Crippen LogP contribution in [0.25, 0.3) is 16.8 Å². The van der Waals surface area contributed by atoms with Crippen molar-refractivity contribution in [2.24, 2.45) is 4.99 Å². The predicted octanol–water partition coefficient (Wildman–Crippen LogP) is 6.80. The van der Waals surface area contributed by atoms with Gasteiger partial charge in [-0.25, -0.2) is 9.79 Å². The molecule has 0 unspecified atom stereocenters. The fraction of sp³-hybridized carbons (Fsp3) is 0.171. The van der Waals surface area contributed by atoms with E-state index in [9.17, 15) is 9.59 Å². The lowest BCUT2D eigenvalue weighted by atomic mass is 9.91. The van der Waals surface area contributed by atoms with Crippen LogP contribution in [0.2, 0.25) is 5.02 Å². The second-order valence-electron chi connectivity index (χ2n) is 10.3. The number of nitrogens with zero attached hydrogens (tertiary/aromatic N) is 2. The minimum absolute atomic E-state index is 0.209. The second-order valence-corrected chi connectivity index (χ2v) is 12.9. The molecule has 0 N–H and O–H groups in total. The first-order valence-electron chi connectivity index (χ1n) is 14.2. The zero-order valence-corrected chi connectivity index (χ0v) is 28.4. The van der Waals surface area contributed by atoms with Gasteiger partial charge >= 0.3 is 5.97 Å². The van der Waals surface area contributed by atoms with E-state index in [1.54, 1.807) is 25.5 Å². The number of carbonyl (C=O) groups is 1. The Bertz CT molecular complexity index is 2170. The molecule has 4 aromatic carbocycles. The van der Waals surface area contributed by atoms with Crippen molar-refractivity contribution in [3.8, 4) is 11.5 Å². The summed E-state index contributed by atoms with van der Waals surface area (Å²) in [5.41, 5.74) is 3.07. The summed E-state index contributed by atoms with van der Waals surface area (Å²) in [5.74, 6) is 0.627. The van der Waals surface area contributed by atoms with E-state index in [0.717, 1.165) is 31.0 Å². The van der Waals surface area contributed by atoms with Gasteiger partial charge in [0.05, 0.1) is 39.1 Å².